The summed E-state index contributed by atoms with van der Waals surface area (Å²) in [4.78, 5) is 11.2. The Kier molecular flexibility index (Phi) is 4.62. The molecule has 0 radical (unpaired) electrons. The van der Waals surface area contributed by atoms with Gasteiger partial charge in [0.2, 0.25) is 0 Å². The zero-order valence-corrected chi connectivity index (χ0v) is 9.45. The maximum absolute atomic E-state index is 11.2. The molecule has 0 aromatic heterocycles. The molecule has 0 fully saturated rings. The molecule has 0 aliphatic rings. The number of methoxy groups -OCH3 is 1. The van der Waals surface area contributed by atoms with E-state index in [-0.39, 0.29) is 12.0 Å². The van der Waals surface area contributed by atoms with Crippen LogP contribution in [0, 0.1) is 0 Å². The lowest BCUT2D eigenvalue weighted by molar-refractivity contribution is -0.142. The van der Waals surface area contributed by atoms with Crippen molar-refractivity contribution in [3.63, 3.8) is 0 Å². The zero-order valence-electron chi connectivity index (χ0n) is 7.87. The van der Waals surface area contributed by atoms with E-state index in [0.29, 0.717) is 6.42 Å². The van der Waals surface area contributed by atoms with Crippen LogP contribution in [0.2, 0.25) is 0 Å². The fourth-order valence-corrected chi connectivity index (χ4v) is 1.51. The van der Waals surface area contributed by atoms with E-state index in [1.165, 1.54) is 7.11 Å². The summed E-state index contributed by atoms with van der Waals surface area (Å²) in [5, 5.41) is 0. The van der Waals surface area contributed by atoms with Gasteiger partial charge >= 0.3 is 5.97 Å². The van der Waals surface area contributed by atoms with E-state index in [2.05, 4.69) is 25.2 Å². The molecule has 1 atom stereocenters. The van der Waals surface area contributed by atoms with E-state index in [1.807, 2.05) is 30.3 Å². The first-order valence-electron chi connectivity index (χ1n) is 4.26. The Balaban J connectivity index is 2.62. The summed E-state index contributed by atoms with van der Waals surface area (Å²) in [6.45, 7) is 0. The van der Waals surface area contributed by atoms with E-state index in [1.54, 1.807) is 0 Å². The van der Waals surface area contributed by atoms with Crippen LogP contribution in [0.25, 0.3) is 0 Å². The fourth-order valence-electron chi connectivity index (χ4n) is 1.16. The number of carbonyl (C=O) groups is 1. The maximum atomic E-state index is 11.2. The summed E-state index contributed by atoms with van der Waals surface area (Å²) in [5.41, 5.74) is 1.09. The molecule has 0 bridgehead atoms. The Labute approximate surface area is 91.8 Å². The molecule has 0 aliphatic heterocycles. The molecule has 1 N–H and O–H groups in total. The zero-order chi connectivity index (χ0) is 10.4. The number of ether oxygens (including phenoxy) is 1. The third-order valence-corrected chi connectivity index (χ3v) is 2.45. The highest BCUT2D eigenvalue weighted by atomic mass is 79.9. The fraction of sp³-hybridized carbons (Fsp3) is 0.300. The molecule has 0 saturated carbocycles. The highest BCUT2D eigenvalue weighted by Gasteiger charge is 2.17. The molecule has 0 saturated heterocycles. The third kappa shape index (κ3) is 3.12. The maximum Gasteiger partial charge on any atom is 0.324 e. The number of hydrogen-bond acceptors (Lipinski definition) is 3. The number of halogens is 1. The second-order valence-corrected chi connectivity index (χ2v) is 3.33. The second kappa shape index (κ2) is 5.78. The van der Waals surface area contributed by atoms with Crippen molar-refractivity contribution in [2.24, 2.45) is 0 Å². The van der Waals surface area contributed by atoms with Crippen LogP contribution in [0.4, 0.5) is 0 Å². The molecule has 1 rings (SSSR count). The van der Waals surface area contributed by atoms with Crippen LogP contribution in [0.5, 0.6) is 0 Å². The van der Waals surface area contributed by atoms with Crippen molar-refractivity contribution in [3.05, 3.63) is 35.9 Å². The molecular weight excluding hydrogens is 246 g/mol. The van der Waals surface area contributed by atoms with Crippen LogP contribution in [-0.2, 0) is 16.0 Å². The normalized spacial score (nSPS) is 12.1. The monoisotopic (exact) mass is 257 g/mol. The molecule has 14 heavy (non-hydrogen) atoms. The van der Waals surface area contributed by atoms with Crippen molar-refractivity contribution < 1.29 is 9.53 Å². The molecule has 0 amide bonds. The second-order valence-electron chi connectivity index (χ2n) is 2.87. The van der Waals surface area contributed by atoms with Crippen molar-refractivity contribution >= 4 is 22.1 Å². The lowest BCUT2D eigenvalue weighted by atomic mass is 10.1. The Morgan fingerprint density at radius 1 is 1.50 bits per heavy atom. The summed E-state index contributed by atoms with van der Waals surface area (Å²) in [6.07, 6.45) is 0.610. The van der Waals surface area contributed by atoms with Crippen LogP contribution in [0.1, 0.15) is 5.56 Å². The van der Waals surface area contributed by atoms with Crippen molar-refractivity contribution in [1.29, 1.82) is 0 Å². The smallest absolute Gasteiger partial charge is 0.324 e. The first-order valence-corrected chi connectivity index (χ1v) is 5.05. The lowest BCUT2D eigenvalue weighted by Crippen LogP contribution is -2.33. The van der Waals surface area contributed by atoms with E-state index in [9.17, 15) is 4.79 Å². The molecule has 0 heterocycles. The van der Waals surface area contributed by atoms with Gasteiger partial charge in [-0.3, -0.25) is 4.79 Å². The molecule has 1 unspecified atom stereocenters. The van der Waals surface area contributed by atoms with Gasteiger partial charge in [-0.05, 0) is 12.0 Å². The van der Waals surface area contributed by atoms with Gasteiger partial charge < -0.3 is 4.74 Å². The number of hydrogen-bond donors (Lipinski definition) is 1. The molecule has 1 aromatic rings. The highest BCUT2D eigenvalue weighted by Crippen LogP contribution is 2.05. The topological polar surface area (TPSA) is 38.3 Å². The molecule has 76 valence electrons. The number of rotatable bonds is 4. The molecular formula is C10H12BrNO2. The van der Waals surface area contributed by atoms with Gasteiger partial charge in [0, 0.05) is 16.1 Å². The van der Waals surface area contributed by atoms with Gasteiger partial charge in [0.05, 0.1) is 7.11 Å². The largest absolute Gasteiger partial charge is 0.468 e. The van der Waals surface area contributed by atoms with Gasteiger partial charge in [0.15, 0.2) is 0 Å². The van der Waals surface area contributed by atoms with Crippen molar-refractivity contribution in [3.8, 4) is 0 Å². The van der Waals surface area contributed by atoms with Gasteiger partial charge in [0.25, 0.3) is 0 Å². The number of carbonyl (C=O) groups excluding carboxylic acids is 1. The number of esters is 1. The molecule has 1 aromatic carbocycles. The summed E-state index contributed by atoms with van der Waals surface area (Å²) in [7, 11) is 1.38. The Bertz CT molecular complexity index is 289. The van der Waals surface area contributed by atoms with Crippen molar-refractivity contribution in [1.82, 2.24) is 4.34 Å². The predicted octanol–water partition coefficient (Wildman–Crippen LogP) is 1.67. The Morgan fingerprint density at radius 3 is 2.64 bits per heavy atom. The van der Waals surface area contributed by atoms with Crippen LogP contribution in [0.15, 0.2) is 30.3 Å². The Hall–Kier alpha value is -0.870. The standard InChI is InChI=1S/C10H12BrNO2/c1-14-10(13)9(12-11)7-8-5-3-2-4-6-8/h2-6,9,12H,7H2,1H3. The molecule has 3 nitrogen and oxygen atoms in total. The summed E-state index contributed by atoms with van der Waals surface area (Å²) in [5.74, 6) is -0.272. The molecule has 0 aliphatic carbocycles. The highest BCUT2D eigenvalue weighted by molar-refractivity contribution is 9.08. The van der Waals surface area contributed by atoms with Crippen LogP contribution < -0.4 is 4.34 Å². The summed E-state index contributed by atoms with van der Waals surface area (Å²) in [6, 6.07) is 9.43. The van der Waals surface area contributed by atoms with Gasteiger partial charge in [-0.2, -0.15) is 0 Å². The summed E-state index contributed by atoms with van der Waals surface area (Å²) < 4.78 is 7.38. The first-order chi connectivity index (χ1) is 6.77. The average Bonchev–Trinajstić information content (AvgIpc) is 2.26. The molecule has 4 heteroatoms. The van der Waals surface area contributed by atoms with E-state index >= 15 is 0 Å². The van der Waals surface area contributed by atoms with Gasteiger partial charge in [-0.1, -0.05) is 30.3 Å². The Morgan fingerprint density at radius 2 is 2.14 bits per heavy atom. The van der Waals surface area contributed by atoms with E-state index in [0.717, 1.165) is 5.56 Å². The van der Waals surface area contributed by atoms with E-state index < -0.39 is 0 Å². The van der Waals surface area contributed by atoms with Gasteiger partial charge in [0.1, 0.15) is 6.04 Å². The lowest BCUT2D eigenvalue weighted by Gasteiger charge is -2.11. The van der Waals surface area contributed by atoms with Gasteiger partial charge in [-0.25, -0.2) is 4.34 Å². The van der Waals surface area contributed by atoms with Crippen molar-refractivity contribution in [2.45, 2.75) is 12.5 Å². The van der Waals surface area contributed by atoms with Gasteiger partial charge in [-0.15, -0.1) is 0 Å². The predicted molar refractivity (Wildman–Crippen MR) is 58.0 cm³/mol. The third-order valence-electron chi connectivity index (χ3n) is 1.90. The van der Waals surface area contributed by atoms with Crippen LogP contribution in [0.3, 0.4) is 0 Å². The number of benzene rings is 1. The van der Waals surface area contributed by atoms with Crippen LogP contribution >= 0.6 is 16.1 Å². The SMILES string of the molecule is COC(=O)C(Cc1ccccc1)NBr. The van der Waals surface area contributed by atoms with E-state index in [4.69, 9.17) is 0 Å². The minimum atomic E-state index is -0.345. The average molecular weight is 258 g/mol. The molecule has 0 spiro atoms. The first kappa shape index (κ1) is 11.2. The summed E-state index contributed by atoms with van der Waals surface area (Å²) >= 11 is 3.06. The minimum Gasteiger partial charge on any atom is -0.468 e. The minimum absolute atomic E-state index is 0.272. The quantitative estimate of drug-likeness (QED) is 0.659. The number of nitrogens with one attached hydrogen (secondary N) is 1. The van der Waals surface area contributed by atoms with Crippen LogP contribution in [-0.4, -0.2) is 19.1 Å². The van der Waals surface area contributed by atoms with Crippen molar-refractivity contribution in [2.75, 3.05) is 7.11 Å².